The van der Waals surface area contributed by atoms with E-state index in [0.29, 0.717) is 5.41 Å². The van der Waals surface area contributed by atoms with E-state index in [9.17, 15) is 0 Å². The van der Waals surface area contributed by atoms with Gasteiger partial charge in [-0.2, -0.15) is 0 Å². The van der Waals surface area contributed by atoms with Gasteiger partial charge in [0.25, 0.3) is 0 Å². The molecule has 0 amide bonds. The largest absolute Gasteiger partial charge is 0.314 e. The molecule has 1 aliphatic carbocycles. The zero-order valence-corrected chi connectivity index (χ0v) is 10.2. The van der Waals surface area contributed by atoms with E-state index in [2.05, 4.69) is 26.1 Å². The second-order valence-corrected chi connectivity index (χ2v) is 5.31. The SMILES string of the molecule is CCCCC1(C)CCC(NCCC)C1. The normalized spacial score (nSPS) is 32.4. The first kappa shape index (κ1) is 12.0. The van der Waals surface area contributed by atoms with E-state index >= 15 is 0 Å². The minimum Gasteiger partial charge on any atom is -0.314 e. The van der Waals surface area contributed by atoms with Crippen molar-refractivity contribution in [3.63, 3.8) is 0 Å². The fraction of sp³-hybridized carbons (Fsp3) is 1.00. The summed E-state index contributed by atoms with van der Waals surface area (Å²) in [6, 6.07) is 0.816. The maximum absolute atomic E-state index is 3.66. The van der Waals surface area contributed by atoms with Gasteiger partial charge in [0.05, 0.1) is 0 Å². The summed E-state index contributed by atoms with van der Waals surface area (Å²) < 4.78 is 0. The van der Waals surface area contributed by atoms with Crippen LogP contribution in [0.3, 0.4) is 0 Å². The Labute approximate surface area is 89.7 Å². The molecule has 1 saturated carbocycles. The molecule has 0 aromatic heterocycles. The lowest BCUT2D eigenvalue weighted by atomic mass is 9.83. The lowest BCUT2D eigenvalue weighted by Crippen LogP contribution is -2.28. The van der Waals surface area contributed by atoms with E-state index in [1.54, 1.807) is 0 Å². The maximum Gasteiger partial charge on any atom is 0.00724 e. The Kier molecular flexibility index (Phi) is 4.94. The number of hydrogen-bond donors (Lipinski definition) is 1. The molecule has 2 unspecified atom stereocenters. The van der Waals surface area contributed by atoms with Gasteiger partial charge in [-0.15, -0.1) is 0 Å². The predicted octanol–water partition coefficient (Wildman–Crippen LogP) is 3.74. The highest BCUT2D eigenvalue weighted by atomic mass is 14.9. The van der Waals surface area contributed by atoms with Crippen LogP contribution in [0.4, 0.5) is 0 Å². The van der Waals surface area contributed by atoms with Crippen LogP contribution in [-0.4, -0.2) is 12.6 Å². The van der Waals surface area contributed by atoms with Gasteiger partial charge in [0.2, 0.25) is 0 Å². The van der Waals surface area contributed by atoms with Gasteiger partial charge in [-0.25, -0.2) is 0 Å². The van der Waals surface area contributed by atoms with Crippen LogP contribution in [0.1, 0.15) is 65.7 Å². The van der Waals surface area contributed by atoms with Crippen molar-refractivity contribution in [1.82, 2.24) is 5.32 Å². The highest BCUT2D eigenvalue weighted by Crippen LogP contribution is 2.41. The Hall–Kier alpha value is -0.0400. The van der Waals surface area contributed by atoms with Crippen molar-refractivity contribution >= 4 is 0 Å². The molecule has 0 aromatic rings. The average Bonchev–Trinajstić information content (AvgIpc) is 2.55. The summed E-state index contributed by atoms with van der Waals surface area (Å²) in [6.45, 7) is 8.23. The van der Waals surface area contributed by atoms with E-state index in [-0.39, 0.29) is 0 Å². The minimum absolute atomic E-state index is 0.654. The Morgan fingerprint density at radius 3 is 2.71 bits per heavy atom. The van der Waals surface area contributed by atoms with Crippen LogP contribution in [0.15, 0.2) is 0 Å². The molecule has 1 fully saturated rings. The van der Waals surface area contributed by atoms with E-state index < -0.39 is 0 Å². The first-order valence-electron chi connectivity index (χ1n) is 6.43. The summed E-state index contributed by atoms with van der Waals surface area (Å²) in [5.41, 5.74) is 0.654. The topological polar surface area (TPSA) is 12.0 Å². The molecule has 0 spiro atoms. The van der Waals surface area contributed by atoms with Crippen LogP contribution in [0.25, 0.3) is 0 Å². The smallest absolute Gasteiger partial charge is 0.00724 e. The number of rotatable bonds is 6. The standard InChI is InChI=1S/C13H27N/c1-4-6-8-13(3)9-7-12(11-13)14-10-5-2/h12,14H,4-11H2,1-3H3. The fourth-order valence-corrected chi connectivity index (χ4v) is 2.67. The van der Waals surface area contributed by atoms with Gasteiger partial charge in [-0.1, -0.05) is 33.6 Å². The number of unbranched alkanes of at least 4 members (excludes halogenated alkanes) is 1. The van der Waals surface area contributed by atoms with Crippen molar-refractivity contribution in [2.75, 3.05) is 6.54 Å². The summed E-state index contributed by atoms with van der Waals surface area (Å²) >= 11 is 0. The first-order chi connectivity index (χ1) is 6.70. The number of nitrogens with one attached hydrogen (secondary N) is 1. The molecule has 2 atom stereocenters. The Morgan fingerprint density at radius 1 is 1.29 bits per heavy atom. The second kappa shape index (κ2) is 5.75. The summed E-state index contributed by atoms with van der Waals surface area (Å²) in [4.78, 5) is 0. The quantitative estimate of drug-likeness (QED) is 0.684. The van der Waals surface area contributed by atoms with Crippen LogP contribution in [0.5, 0.6) is 0 Å². The molecular formula is C13H27N. The molecule has 0 radical (unpaired) electrons. The summed E-state index contributed by atoms with van der Waals surface area (Å²) in [7, 11) is 0. The lowest BCUT2D eigenvalue weighted by molar-refractivity contribution is 0.288. The van der Waals surface area contributed by atoms with Gasteiger partial charge in [-0.3, -0.25) is 0 Å². The van der Waals surface area contributed by atoms with Crippen molar-refractivity contribution < 1.29 is 0 Å². The monoisotopic (exact) mass is 197 g/mol. The maximum atomic E-state index is 3.66. The van der Waals surface area contributed by atoms with E-state index in [1.807, 2.05) is 0 Å². The van der Waals surface area contributed by atoms with Gasteiger partial charge >= 0.3 is 0 Å². The van der Waals surface area contributed by atoms with E-state index in [4.69, 9.17) is 0 Å². The van der Waals surface area contributed by atoms with Crippen molar-refractivity contribution in [2.24, 2.45) is 5.41 Å². The van der Waals surface area contributed by atoms with Crippen LogP contribution in [0.2, 0.25) is 0 Å². The molecule has 0 aliphatic heterocycles. The lowest BCUT2D eigenvalue weighted by Gasteiger charge is -2.24. The highest BCUT2D eigenvalue weighted by Gasteiger charge is 2.33. The molecular weight excluding hydrogens is 170 g/mol. The van der Waals surface area contributed by atoms with Gasteiger partial charge in [0.15, 0.2) is 0 Å². The van der Waals surface area contributed by atoms with Crippen molar-refractivity contribution in [1.29, 1.82) is 0 Å². The zero-order valence-electron chi connectivity index (χ0n) is 10.2. The highest BCUT2D eigenvalue weighted by molar-refractivity contribution is 4.89. The van der Waals surface area contributed by atoms with E-state index in [0.717, 1.165) is 6.04 Å². The van der Waals surface area contributed by atoms with Gasteiger partial charge in [-0.05, 0) is 44.1 Å². The van der Waals surface area contributed by atoms with Crippen molar-refractivity contribution in [2.45, 2.75) is 71.8 Å². The second-order valence-electron chi connectivity index (χ2n) is 5.31. The third-order valence-electron chi connectivity index (χ3n) is 3.65. The molecule has 1 nitrogen and oxygen atoms in total. The van der Waals surface area contributed by atoms with Crippen LogP contribution >= 0.6 is 0 Å². The number of hydrogen-bond acceptors (Lipinski definition) is 1. The molecule has 0 heterocycles. The zero-order chi connectivity index (χ0) is 10.4. The fourth-order valence-electron chi connectivity index (χ4n) is 2.67. The Balaban J connectivity index is 2.24. The summed E-state index contributed by atoms with van der Waals surface area (Å²) in [5, 5.41) is 3.66. The average molecular weight is 197 g/mol. The Morgan fingerprint density at radius 2 is 2.07 bits per heavy atom. The first-order valence-corrected chi connectivity index (χ1v) is 6.43. The molecule has 1 rings (SSSR count). The van der Waals surface area contributed by atoms with Crippen LogP contribution in [0, 0.1) is 5.41 Å². The van der Waals surface area contributed by atoms with Crippen molar-refractivity contribution in [3.05, 3.63) is 0 Å². The van der Waals surface area contributed by atoms with Crippen LogP contribution < -0.4 is 5.32 Å². The third-order valence-corrected chi connectivity index (χ3v) is 3.65. The van der Waals surface area contributed by atoms with Gasteiger partial charge in [0, 0.05) is 6.04 Å². The minimum atomic E-state index is 0.654. The van der Waals surface area contributed by atoms with E-state index in [1.165, 1.54) is 51.5 Å². The predicted molar refractivity (Wildman–Crippen MR) is 63.6 cm³/mol. The third kappa shape index (κ3) is 3.61. The summed E-state index contributed by atoms with van der Waals surface area (Å²) in [5.74, 6) is 0. The molecule has 0 bridgehead atoms. The molecule has 14 heavy (non-hydrogen) atoms. The molecule has 0 saturated heterocycles. The summed E-state index contributed by atoms with van der Waals surface area (Å²) in [6.07, 6.45) is 9.72. The Bertz CT molecular complexity index is 155. The molecule has 1 N–H and O–H groups in total. The molecule has 1 aliphatic rings. The molecule has 1 heteroatoms. The van der Waals surface area contributed by atoms with Gasteiger partial charge < -0.3 is 5.32 Å². The molecule has 0 aromatic carbocycles. The van der Waals surface area contributed by atoms with Crippen LogP contribution in [-0.2, 0) is 0 Å². The van der Waals surface area contributed by atoms with Gasteiger partial charge in [0.1, 0.15) is 0 Å². The molecule has 84 valence electrons. The van der Waals surface area contributed by atoms with Crippen molar-refractivity contribution in [3.8, 4) is 0 Å².